The molecule has 1 aromatic heterocycles. The number of carbonyl (C=O) groups excluding carboxylic acids is 1. The van der Waals surface area contributed by atoms with Crippen molar-refractivity contribution in [3.8, 4) is 0 Å². The monoisotopic (exact) mass is 326 g/mol. The molecule has 1 unspecified atom stereocenters. The number of fused-ring (bicyclic) bond motifs is 1. The summed E-state index contributed by atoms with van der Waals surface area (Å²) in [7, 11) is 0. The van der Waals surface area contributed by atoms with Gasteiger partial charge in [0.15, 0.2) is 0 Å². The van der Waals surface area contributed by atoms with Crippen molar-refractivity contribution in [3.05, 3.63) is 35.7 Å². The third kappa shape index (κ3) is 3.41. The quantitative estimate of drug-likeness (QED) is 0.867. The van der Waals surface area contributed by atoms with E-state index in [0.29, 0.717) is 12.5 Å². The van der Waals surface area contributed by atoms with Crippen LogP contribution in [0.5, 0.6) is 0 Å². The summed E-state index contributed by atoms with van der Waals surface area (Å²) in [4.78, 5) is 26.2. The van der Waals surface area contributed by atoms with Gasteiger partial charge >= 0.3 is 0 Å². The maximum atomic E-state index is 12.6. The van der Waals surface area contributed by atoms with Crippen LogP contribution in [-0.2, 0) is 11.3 Å². The van der Waals surface area contributed by atoms with Crippen molar-refractivity contribution in [2.45, 2.75) is 40.3 Å². The molecular weight excluding hydrogens is 300 g/mol. The number of para-hydroxylation sites is 2. The summed E-state index contributed by atoms with van der Waals surface area (Å²) in [5.74, 6) is 0.725. The molecule has 2 heterocycles. The molecule has 0 N–H and O–H groups in total. The van der Waals surface area contributed by atoms with Crippen LogP contribution in [-0.4, -0.2) is 51.4 Å². The first-order chi connectivity index (χ1) is 11.5. The summed E-state index contributed by atoms with van der Waals surface area (Å²) in [6.45, 7) is 11.5. The standard InChI is InChI=1S/C19H26N4O/c1-13(2)11-23-10-9-22(15(4)19(23)24)12-18-14(3)20-16-7-5-6-8-17(16)21-18/h5-8,13,15H,9-12H2,1-4H3. The summed E-state index contributed by atoms with van der Waals surface area (Å²) in [6.07, 6.45) is 0. The topological polar surface area (TPSA) is 49.3 Å². The van der Waals surface area contributed by atoms with Gasteiger partial charge in [0, 0.05) is 26.2 Å². The molecule has 1 saturated heterocycles. The molecule has 1 fully saturated rings. The van der Waals surface area contributed by atoms with Crippen LogP contribution in [0.1, 0.15) is 32.2 Å². The molecule has 1 atom stereocenters. The van der Waals surface area contributed by atoms with E-state index in [1.165, 1.54) is 0 Å². The number of amides is 1. The van der Waals surface area contributed by atoms with E-state index < -0.39 is 0 Å². The van der Waals surface area contributed by atoms with Crippen LogP contribution in [0.3, 0.4) is 0 Å². The van der Waals surface area contributed by atoms with E-state index in [9.17, 15) is 4.79 Å². The first kappa shape index (κ1) is 16.8. The number of carbonyl (C=O) groups is 1. The van der Waals surface area contributed by atoms with Gasteiger partial charge in [0.25, 0.3) is 0 Å². The van der Waals surface area contributed by atoms with Gasteiger partial charge in [-0.2, -0.15) is 0 Å². The lowest BCUT2D eigenvalue weighted by Gasteiger charge is -2.39. The summed E-state index contributed by atoms with van der Waals surface area (Å²) in [5.41, 5.74) is 3.74. The molecule has 128 valence electrons. The van der Waals surface area contributed by atoms with Crippen molar-refractivity contribution in [1.82, 2.24) is 19.8 Å². The number of piperazine rings is 1. The molecule has 0 radical (unpaired) electrons. The Morgan fingerprint density at radius 2 is 1.83 bits per heavy atom. The zero-order valence-electron chi connectivity index (χ0n) is 15.0. The fourth-order valence-electron chi connectivity index (χ4n) is 3.28. The van der Waals surface area contributed by atoms with Crippen LogP contribution in [0.15, 0.2) is 24.3 Å². The molecule has 24 heavy (non-hydrogen) atoms. The highest BCUT2D eigenvalue weighted by molar-refractivity contribution is 5.82. The fraction of sp³-hybridized carbons (Fsp3) is 0.526. The van der Waals surface area contributed by atoms with Gasteiger partial charge in [0.1, 0.15) is 0 Å². The third-order valence-corrected chi connectivity index (χ3v) is 4.66. The average molecular weight is 326 g/mol. The molecular formula is C19H26N4O. The second kappa shape index (κ2) is 6.85. The lowest BCUT2D eigenvalue weighted by Crippen LogP contribution is -2.56. The SMILES string of the molecule is Cc1nc2ccccc2nc1CN1CCN(CC(C)C)C(=O)C1C. The zero-order valence-corrected chi connectivity index (χ0v) is 15.0. The summed E-state index contributed by atoms with van der Waals surface area (Å²) >= 11 is 0. The van der Waals surface area contributed by atoms with Crippen molar-refractivity contribution in [2.24, 2.45) is 5.92 Å². The summed E-state index contributed by atoms with van der Waals surface area (Å²) in [5, 5.41) is 0. The van der Waals surface area contributed by atoms with Crippen LogP contribution in [0.4, 0.5) is 0 Å². The van der Waals surface area contributed by atoms with Gasteiger partial charge in [-0.25, -0.2) is 9.97 Å². The Labute approximate surface area is 143 Å². The Balaban J connectivity index is 1.77. The lowest BCUT2D eigenvalue weighted by molar-refractivity contribution is -0.142. The molecule has 3 rings (SSSR count). The molecule has 0 saturated carbocycles. The van der Waals surface area contributed by atoms with Gasteiger partial charge in [0.2, 0.25) is 5.91 Å². The van der Waals surface area contributed by atoms with Crippen molar-refractivity contribution in [2.75, 3.05) is 19.6 Å². The zero-order chi connectivity index (χ0) is 17.3. The Hall–Kier alpha value is -2.01. The third-order valence-electron chi connectivity index (χ3n) is 4.66. The van der Waals surface area contributed by atoms with Gasteiger partial charge in [-0.3, -0.25) is 9.69 Å². The maximum Gasteiger partial charge on any atom is 0.239 e. The first-order valence-corrected chi connectivity index (χ1v) is 8.71. The van der Waals surface area contributed by atoms with E-state index >= 15 is 0 Å². The van der Waals surface area contributed by atoms with Crippen LogP contribution in [0.25, 0.3) is 11.0 Å². The first-order valence-electron chi connectivity index (χ1n) is 8.71. The maximum absolute atomic E-state index is 12.6. The van der Waals surface area contributed by atoms with E-state index in [1.807, 2.05) is 43.0 Å². The second-order valence-corrected chi connectivity index (χ2v) is 7.07. The van der Waals surface area contributed by atoms with Gasteiger partial charge in [-0.1, -0.05) is 26.0 Å². The molecule has 0 spiro atoms. The second-order valence-electron chi connectivity index (χ2n) is 7.07. The number of rotatable bonds is 4. The molecule has 1 aliphatic rings. The summed E-state index contributed by atoms with van der Waals surface area (Å²) in [6, 6.07) is 7.82. The number of hydrogen-bond acceptors (Lipinski definition) is 4. The van der Waals surface area contributed by atoms with E-state index in [0.717, 1.165) is 42.1 Å². The largest absolute Gasteiger partial charge is 0.340 e. The molecule has 2 aromatic rings. The van der Waals surface area contributed by atoms with Crippen molar-refractivity contribution < 1.29 is 4.79 Å². The Kier molecular flexibility index (Phi) is 4.81. The van der Waals surface area contributed by atoms with Gasteiger partial charge in [0.05, 0.1) is 28.5 Å². The molecule has 1 aliphatic heterocycles. The van der Waals surface area contributed by atoms with Crippen LogP contribution in [0, 0.1) is 12.8 Å². The van der Waals surface area contributed by atoms with Gasteiger partial charge in [-0.15, -0.1) is 0 Å². The average Bonchev–Trinajstić information content (AvgIpc) is 2.54. The minimum atomic E-state index is -0.106. The van der Waals surface area contributed by atoms with Crippen molar-refractivity contribution in [3.63, 3.8) is 0 Å². The minimum absolute atomic E-state index is 0.106. The molecule has 5 nitrogen and oxygen atoms in total. The van der Waals surface area contributed by atoms with E-state index in [4.69, 9.17) is 4.98 Å². The van der Waals surface area contributed by atoms with Crippen LogP contribution in [0.2, 0.25) is 0 Å². The number of benzene rings is 1. The van der Waals surface area contributed by atoms with E-state index in [-0.39, 0.29) is 11.9 Å². The summed E-state index contributed by atoms with van der Waals surface area (Å²) < 4.78 is 0. The molecule has 0 bridgehead atoms. The normalized spacial score (nSPS) is 19.5. The van der Waals surface area contributed by atoms with Crippen molar-refractivity contribution >= 4 is 16.9 Å². The predicted molar refractivity (Wildman–Crippen MR) is 95.6 cm³/mol. The highest BCUT2D eigenvalue weighted by Crippen LogP contribution is 2.18. The molecule has 1 amide bonds. The predicted octanol–water partition coefficient (Wildman–Crippen LogP) is 2.63. The number of aromatic nitrogens is 2. The van der Waals surface area contributed by atoms with Gasteiger partial charge in [-0.05, 0) is 31.9 Å². The van der Waals surface area contributed by atoms with Crippen LogP contribution >= 0.6 is 0 Å². The van der Waals surface area contributed by atoms with Gasteiger partial charge < -0.3 is 4.90 Å². The molecule has 5 heteroatoms. The highest BCUT2D eigenvalue weighted by Gasteiger charge is 2.32. The Bertz CT molecular complexity index is 743. The fourth-order valence-corrected chi connectivity index (χ4v) is 3.28. The molecule has 0 aliphatic carbocycles. The minimum Gasteiger partial charge on any atom is -0.340 e. The highest BCUT2D eigenvalue weighted by atomic mass is 16.2. The Morgan fingerprint density at radius 1 is 1.17 bits per heavy atom. The van der Waals surface area contributed by atoms with E-state index in [1.54, 1.807) is 0 Å². The Morgan fingerprint density at radius 3 is 2.50 bits per heavy atom. The van der Waals surface area contributed by atoms with Crippen LogP contribution < -0.4 is 0 Å². The van der Waals surface area contributed by atoms with E-state index in [2.05, 4.69) is 23.7 Å². The number of aryl methyl sites for hydroxylation is 1. The van der Waals surface area contributed by atoms with Crippen molar-refractivity contribution in [1.29, 1.82) is 0 Å². The number of hydrogen-bond donors (Lipinski definition) is 0. The smallest absolute Gasteiger partial charge is 0.239 e. The number of nitrogens with zero attached hydrogens (tertiary/aromatic N) is 4. The lowest BCUT2D eigenvalue weighted by atomic mass is 10.1. The molecule has 1 aromatic carbocycles.